The number of carbonyl (C=O) groups is 1. The highest BCUT2D eigenvalue weighted by molar-refractivity contribution is 5.79. The van der Waals surface area contributed by atoms with Crippen LogP contribution >= 0.6 is 0 Å². The fourth-order valence-electron chi connectivity index (χ4n) is 2.33. The summed E-state index contributed by atoms with van der Waals surface area (Å²) in [6.07, 6.45) is 1.96. The number of hydrogen-bond acceptors (Lipinski definition) is 2. The first-order valence-corrected chi connectivity index (χ1v) is 6.05. The van der Waals surface area contributed by atoms with Crippen LogP contribution in [0.5, 0.6) is 0 Å². The minimum Gasteiger partial charge on any atom is -0.338 e. The smallest absolute Gasteiger partial charge is 0.227 e. The average Bonchev–Trinajstić information content (AvgIpc) is 2.82. The Balaban J connectivity index is 2.04. The highest BCUT2D eigenvalue weighted by Crippen LogP contribution is 2.18. The lowest BCUT2D eigenvalue weighted by Crippen LogP contribution is -2.40. The summed E-state index contributed by atoms with van der Waals surface area (Å²) in [5.41, 5.74) is 6.08. The lowest BCUT2D eigenvalue weighted by atomic mass is 10.1. The van der Waals surface area contributed by atoms with Crippen molar-refractivity contribution in [3.8, 4) is 0 Å². The molecule has 0 bridgehead atoms. The number of benzene rings is 1. The highest BCUT2D eigenvalue weighted by Gasteiger charge is 2.27. The van der Waals surface area contributed by atoms with Gasteiger partial charge in [-0.05, 0) is 30.5 Å². The van der Waals surface area contributed by atoms with E-state index in [1.54, 1.807) is 4.90 Å². The molecule has 1 amide bonds. The molecule has 3 nitrogen and oxygen atoms in total. The molecule has 1 aliphatic heterocycles. The van der Waals surface area contributed by atoms with E-state index >= 15 is 0 Å². The molecule has 0 radical (unpaired) electrons. The highest BCUT2D eigenvalue weighted by atomic mass is 19.2. The topological polar surface area (TPSA) is 46.3 Å². The number of carbonyl (C=O) groups excluding carboxylic acids is 1. The second-order valence-electron chi connectivity index (χ2n) is 4.54. The lowest BCUT2D eigenvalue weighted by molar-refractivity contribution is -0.131. The number of amides is 1. The van der Waals surface area contributed by atoms with Gasteiger partial charge in [-0.15, -0.1) is 0 Å². The number of halogens is 2. The number of nitrogens with zero attached hydrogens (tertiary/aromatic N) is 1. The van der Waals surface area contributed by atoms with Crippen molar-refractivity contribution < 1.29 is 13.6 Å². The van der Waals surface area contributed by atoms with Gasteiger partial charge in [0.1, 0.15) is 0 Å². The molecule has 1 saturated heterocycles. The summed E-state index contributed by atoms with van der Waals surface area (Å²) < 4.78 is 25.8. The van der Waals surface area contributed by atoms with E-state index in [1.165, 1.54) is 6.07 Å². The van der Waals surface area contributed by atoms with Crippen LogP contribution in [0, 0.1) is 11.6 Å². The zero-order valence-corrected chi connectivity index (χ0v) is 10.0. The molecule has 1 heterocycles. The van der Waals surface area contributed by atoms with Gasteiger partial charge in [0.2, 0.25) is 5.91 Å². The quantitative estimate of drug-likeness (QED) is 0.887. The Labute approximate surface area is 105 Å². The van der Waals surface area contributed by atoms with Crippen molar-refractivity contribution in [3.63, 3.8) is 0 Å². The van der Waals surface area contributed by atoms with Gasteiger partial charge in [-0.3, -0.25) is 4.79 Å². The second-order valence-corrected chi connectivity index (χ2v) is 4.54. The SMILES string of the molecule is NC[C@H]1CCCN1C(=O)Cc1ccc(F)c(F)c1. The van der Waals surface area contributed by atoms with Gasteiger partial charge in [0.25, 0.3) is 0 Å². The van der Waals surface area contributed by atoms with Crippen LogP contribution in [-0.2, 0) is 11.2 Å². The summed E-state index contributed by atoms with van der Waals surface area (Å²) in [6.45, 7) is 1.15. The average molecular weight is 254 g/mol. The van der Waals surface area contributed by atoms with E-state index in [0.29, 0.717) is 18.7 Å². The molecule has 1 fully saturated rings. The normalized spacial score (nSPS) is 19.3. The predicted octanol–water partition coefficient (Wildman–Crippen LogP) is 1.46. The molecule has 1 aromatic rings. The summed E-state index contributed by atoms with van der Waals surface area (Å²) in [5.74, 6) is -1.89. The van der Waals surface area contributed by atoms with Crippen molar-refractivity contribution in [3.05, 3.63) is 35.4 Å². The molecule has 18 heavy (non-hydrogen) atoms. The Morgan fingerprint density at radius 3 is 2.83 bits per heavy atom. The fourth-order valence-corrected chi connectivity index (χ4v) is 2.33. The molecular weight excluding hydrogens is 238 g/mol. The third-order valence-corrected chi connectivity index (χ3v) is 3.31. The molecule has 2 N–H and O–H groups in total. The second kappa shape index (κ2) is 5.44. The van der Waals surface area contributed by atoms with Crippen LogP contribution < -0.4 is 5.73 Å². The third-order valence-electron chi connectivity index (χ3n) is 3.31. The molecule has 98 valence electrons. The standard InChI is InChI=1S/C13H16F2N2O/c14-11-4-3-9(6-12(11)15)7-13(18)17-5-1-2-10(17)8-16/h3-4,6,10H,1-2,5,7-8,16H2/t10-/m1/s1. The summed E-state index contributed by atoms with van der Waals surface area (Å²) >= 11 is 0. The van der Waals surface area contributed by atoms with Crippen LogP contribution in [-0.4, -0.2) is 29.9 Å². The van der Waals surface area contributed by atoms with Gasteiger partial charge in [-0.25, -0.2) is 8.78 Å². The zero-order chi connectivity index (χ0) is 13.1. The van der Waals surface area contributed by atoms with Gasteiger partial charge in [-0.2, -0.15) is 0 Å². The Hall–Kier alpha value is -1.49. The van der Waals surface area contributed by atoms with Crippen LogP contribution in [0.3, 0.4) is 0 Å². The number of likely N-dealkylation sites (tertiary alicyclic amines) is 1. The van der Waals surface area contributed by atoms with Gasteiger partial charge in [-0.1, -0.05) is 6.07 Å². The monoisotopic (exact) mass is 254 g/mol. The Morgan fingerprint density at radius 1 is 1.39 bits per heavy atom. The number of rotatable bonds is 3. The van der Waals surface area contributed by atoms with Crippen LogP contribution in [0.4, 0.5) is 8.78 Å². The van der Waals surface area contributed by atoms with E-state index in [-0.39, 0.29) is 18.4 Å². The Morgan fingerprint density at radius 2 is 2.17 bits per heavy atom. The van der Waals surface area contributed by atoms with Crippen LogP contribution in [0.2, 0.25) is 0 Å². The van der Waals surface area contributed by atoms with Crippen LogP contribution in [0.15, 0.2) is 18.2 Å². The van der Waals surface area contributed by atoms with Gasteiger partial charge in [0, 0.05) is 19.1 Å². The van der Waals surface area contributed by atoms with Crippen molar-refractivity contribution in [1.29, 1.82) is 0 Å². The van der Waals surface area contributed by atoms with Crippen molar-refractivity contribution >= 4 is 5.91 Å². The molecule has 0 saturated carbocycles. The van der Waals surface area contributed by atoms with E-state index in [1.807, 2.05) is 0 Å². The van der Waals surface area contributed by atoms with E-state index in [4.69, 9.17) is 5.73 Å². The fraction of sp³-hybridized carbons (Fsp3) is 0.462. The summed E-state index contributed by atoms with van der Waals surface area (Å²) in [6, 6.07) is 3.63. The van der Waals surface area contributed by atoms with Crippen molar-refractivity contribution in [2.45, 2.75) is 25.3 Å². The van der Waals surface area contributed by atoms with Crippen molar-refractivity contribution in [2.24, 2.45) is 5.73 Å². The molecule has 1 aliphatic rings. The number of hydrogen-bond donors (Lipinski definition) is 1. The zero-order valence-electron chi connectivity index (χ0n) is 10.0. The summed E-state index contributed by atoms with van der Waals surface area (Å²) in [5, 5.41) is 0. The van der Waals surface area contributed by atoms with Gasteiger partial charge in [0.15, 0.2) is 11.6 Å². The molecule has 1 atom stereocenters. The van der Waals surface area contributed by atoms with Crippen LogP contribution in [0.1, 0.15) is 18.4 Å². The molecule has 0 aromatic heterocycles. The van der Waals surface area contributed by atoms with Gasteiger partial charge < -0.3 is 10.6 Å². The van der Waals surface area contributed by atoms with E-state index in [2.05, 4.69) is 0 Å². The van der Waals surface area contributed by atoms with Crippen LogP contribution in [0.25, 0.3) is 0 Å². The molecule has 5 heteroatoms. The van der Waals surface area contributed by atoms with E-state index in [0.717, 1.165) is 25.0 Å². The van der Waals surface area contributed by atoms with Gasteiger partial charge >= 0.3 is 0 Å². The van der Waals surface area contributed by atoms with Crippen molar-refractivity contribution in [1.82, 2.24) is 4.90 Å². The Kier molecular flexibility index (Phi) is 3.91. The third kappa shape index (κ3) is 2.67. The number of nitrogens with two attached hydrogens (primary N) is 1. The minimum atomic E-state index is -0.919. The first kappa shape index (κ1) is 13.0. The molecular formula is C13H16F2N2O. The maximum Gasteiger partial charge on any atom is 0.227 e. The van der Waals surface area contributed by atoms with Crippen molar-refractivity contribution in [2.75, 3.05) is 13.1 Å². The largest absolute Gasteiger partial charge is 0.338 e. The van der Waals surface area contributed by atoms with E-state index < -0.39 is 11.6 Å². The molecule has 2 rings (SSSR count). The van der Waals surface area contributed by atoms with E-state index in [9.17, 15) is 13.6 Å². The molecule has 0 unspecified atom stereocenters. The first-order valence-electron chi connectivity index (χ1n) is 6.05. The predicted molar refractivity (Wildman–Crippen MR) is 63.9 cm³/mol. The maximum absolute atomic E-state index is 13.0. The Bertz CT molecular complexity index is 451. The lowest BCUT2D eigenvalue weighted by Gasteiger charge is -2.23. The first-order chi connectivity index (χ1) is 8.61. The molecule has 0 spiro atoms. The maximum atomic E-state index is 13.0. The van der Waals surface area contributed by atoms with Gasteiger partial charge in [0.05, 0.1) is 6.42 Å². The summed E-state index contributed by atoms with van der Waals surface area (Å²) in [7, 11) is 0. The molecule has 1 aromatic carbocycles. The minimum absolute atomic E-state index is 0.0750. The molecule has 0 aliphatic carbocycles. The summed E-state index contributed by atoms with van der Waals surface area (Å²) in [4.78, 5) is 13.8.